The van der Waals surface area contributed by atoms with E-state index in [2.05, 4.69) is 5.32 Å². The van der Waals surface area contributed by atoms with Gasteiger partial charge in [0.1, 0.15) is 5.82 Å². The van der Waals surface area contributed by atoms with Crippen molar-refractivity contribution in [3.05, 3.63) is 39.2 Å². The number of carbonyl (C=O) groups is 2. The molecule has 0 radical (unpaired) electrons. The lowest BCUT2D eigenvalue weighted by Gasteiger charge is -2.11. The molecular weight excluding hydrogens is 269 g/mol. The molecule has 7 nitrogen and oxygen atoms in total. The number of carbonyl (C=O) groups excluding carboxylic acids is 2. The summed E-state index contributed by atoms with van der Waals surface area (Å²) in [5.41, 5.74) is -0.848. The van der Waals surface area contributed by atoms with Gasteiger partial charge in [0.25, 0.3) is 11.6 Å². The van der Waals surface area contributed by atoms with Crippen LogP contribution in [0.15, 0.2) is 12.1 Å². The number of nitro benzene ring substituents is 1. The molecule has 0 saturated carbocycles. The highest BCUT2D eigenvalue weighted by atomic mass is 19.1. The van der Waals surface area contributed by atoms with Crippen LogP contribution in [-0.2, 0) is 4.79 Å². The van der Waals surface area contributed by atoms with E-state index in [0.717, 1.165) is 12.1 Å². The molecule has 0 saturated heterocycles. The Labute approximate surface area is 114 Å². The van der Waals surface area contributed by atoms with E-state index in [1.165, 1.54) is 25.9 Å². The second-order valence-electron chi connectivity index (χ2n) is 4.35. The third-order valence-corrected chi connectivity index (χ3v) is 2.59. The van der Waals surface area contributed by atoms with Gasteiger partial charge in [0.2, 0.25) is 5.91 Å². The number of nitrogens with one attached hydrogen (secondary N) is 1. The fourth-order valence-corrected chi connectivity index (χ4v) is 1.43. The van der Waals surface area contributed by atoms with Gasteiger partial charge in [-0.15, -0.1) is 0 Å². The number of halogens is 1. The summed E-state index contributed by atoms with van der Waals surface area (Å²) in [6.07, 6.45) is 0. The van der Waals surface area contributed by atoms with Crippen LogP contribution in [-0.4, -0.2) is 42.3 Å². The van der Waals surface area contributed by atoms with E-state index in [1.807, 2.05) is 0 Å². The number of benzene rings is 1. The van der Waals surface area contributed by atoms with Gasteiger partial charge in [-0.05, 0) is 12.5 Å². The zero-order chi connectivity index (χ0) is 15.4. The molecule has 0 fully saturated rings. The van der Waals surface area contributed by atoms with Crippen LogP contribution in [0, 0.1) is 22.9 Å². The van der Waals surface area contributed by atoms with Gasteiger partial charge in [0.15, 0.2) is 0 Å². The summed E-state index contributed by atoms with van der Waals surface area (Å²) >= 11 is 0. The summed E-state index contributed by atoms with van der Waals surface area (Å²) in [7, 11) is 3.01. The first-order valence-corrected chi connectivity index (χ1v) is 5.67. The number of hydrogen-bond acceptors (Lipinski definition) is 4. The molecule has 0 aromatic heterocycles. The van der Waals surface area contributed by atoms with Crippen LogP contribution < -0.4 is 5.32 Å². The van der Waals surface area contributed by atoms with E-state index >= 15 is 0 Å². The predicted octanol–water partition coefficient (Wildman–Crippen LogP) is 0.860. The molecule has 0 bridgehead atoms. The van der Waals surface area contributed by atoms with Crippen LogP contribution in [0.4, 0.5) is 10.1 Å². The van der Waals surface area contributed by atoms with Gasteiger partial charge in [0.05, 0.1) is 17.0 Å². The van der Waals surface area contributed by atoms with Gasteiger partial charge in [0, 0.05) is 26.2 Å². The molecule has 8 heteroatoms. The lowest BCUT2D eigenvalue weighted by molar-refractivity contribution is -0.385. The van der Waals surface area contributed by atoms with Gasteiger partial charge in [-0.3, -0.25) is 19.7 Å². The predicted molar refractivity (Wildman–Crippen MR) is 68.8 cm³/mol. The fourth-order valence-electron chi connectivity index (χ4n) is 1.43. The van der Waals surface area contributed by atoms with Crippen LogP contribution in [0.5, 0.6) is 0 Å². The van der Waals surface area contributed by atoms with E-state index in [-0.39, 0.29) is 23.7 Å². The molecular formula is C12H14FN3O4. The minimum Gasteiger partial charge on any atom is -0.347 e. The Bertz CT molecular complexity index is 572. The minimum atomic E-state index is -0.871. The lowest BCUT2D eigenvalue weighted by Crippen LogP contribution is -2.36. The summed E-state index contributed by atoms with van der Waals surface area (Å²) in [6, 6.07) is 1.88. The molecule has 0 spiro atoms. The third kappa shape index (κ3) is 3.50. The number of rotatable bonds is 4. The first-order chi connectivity index (χ1) is 9.23. The van der Waals surface area contributed by atoms with Gasteiger partial charge < -0.3 is 10.2 Å². The highest BCUT2D eigenvalue weighted by molar-refractivity contribution is 5.97. The van der Waals surface area contributed by atoms with E-state index in [0.29, 0.717) is 0 Å². The Morgan fingerprint density at radius 1 is 1.40 bits per heavy atom. The van der Waals surface area contributed by atoms with Crippen LogP contribution in [0.2, 0.25) is 0 Å². The Morgan fingerprint density at radius 3 is 2.50 bits per heavy atom. The average Bonchev–Trinajstić information content (AvgIpc) is 2.37. The van der Waals surface area contributed by atoms with Crippen molar-refractivity contribution < 1.29 is 18.9 Å². The summed E-state index contributed by atoms with van der Waals surface area (Å²) in [6.45, 7) is 1.01. The molecule has 0 aliphatic carbocycles. The SMILES string of the molecule is Cc1cc([N+](=O)[O-])cc(C(=O)NCC(=O)N(C)C)c1F. The standard InChI is InChI=1S/C12H14FN3O4/c1-7-4-8(16(19)20)5-9(11(7)13)12(18)14-6-10(17)15(2)3/h4-5H,6H2,1-3H3,(H,14,18). The topological polar surface area (TPSA) is 92.5 Å². The molecule has 1 rings (SSSR count). The Morgan fingerprint density at radius 2 is 2.00 bits per heavy atom. The summed E-state index contributed by atoms with van der Waals surface area (Å²) in [5, 5.41) is 12.9. The van der Waals surface area contributed by atoms with Crippen molar-refractivity contribution in [2.45, 2.75) is 6.92 Å². The first-order valence-electron chi connectivity index (χ1n) is 5.67. The second kappa shape index (κ2) is 6.09. The van der Waals surface area contributed by atoms with Gasteiger partial charge >= 0.3 is 0 Å². The number of non-ortho nitro benzene ring substituents is 1. The van der Waals surface area contributed by atoms with Gasteiger partial charge in [-0.2, -0.15) is 0 Å². The summed E-state index contributed by atoms with van der Waals surface area (Å²) in [5.74, 6) is -2.09. The van der Waals surface area contributed by atoms with Crippen molar-refractivity contribution in [3.8, 4) is 0 Å². The number of amides is 2. The van der Waals surface area contributed by atoms with Crippen molar-refractivity contribution in [2.24, 2.45) is 0 Å². The summed E-state index contributed by atoms with van der Waals surface area (Å²) < 4.78 is 13.8. The zero-order valence-corrected chi connectivity index (χ0v) is 11.3. The molecule has 0 aliphatic heterocycles. The highest BCUT2D eigenvalue weighted by Gasteiger charge is 2.20. The van der Waals surface area contributed by atoms with Crippen molar-refractivity contribution in [2.75, 3.05) is 20.6 Å². The zero-order valence-electron chi connectivity index (χ0n) is 11.3. The van der Waals surface area contributed by atoms with Gasteiger partial charge in [-0.25, -0.2) is 4.39 Å². The van der Waals surface area contributed by atoms with E-state index in [9.17, 15) is 24.1 Å². The number of aryl methyl sites for hydroxylation is 1. The average molecular weight is 283 g/mol. The Balaban J connectivity index is 2.98. The Kier molecular flexibility index (Phi) is 4.73. The van der Waals surface area contributed by atoms with Crippen molar-refractivity contribution in [1.29, 1.82) is 0 Å². The Hall–Kier alpha value is -2.51. The molecule has 1 N–H and O–H groups in total. The molecule has 108 valence electrons. The number of nitrogens with zero attached hydrogens (tertiary/aromatic N) is 2. The molecule has 20 heavy (non-hydrogen) atoms. The molecule has 1 aromatic rings. The normalized spacial score (nSPS) is 10.0. The first kappa shape index (κ1) is 15.5. The van der Waals surface area contributed by atoms with Gasteiger partial charge in [-0.1, -0.05) is 0 Å². The largest absolute Gasteiger partial charge is 0.347 e. The van der Waals surface area contributed by atoms with Crippen LogP contribution in [0.3, 0.4) is 0 Å². The number of hydrogen-bond donors (Lipinski definition) is 1. The third-order valence-electron chi connectivity index (χ3n) is 2.59. The van der Waals surface area contributed by atoms with Crippen LogP contribution in [0.25, 0.3) is 0 Å². The quantitative estimate of drug-likeness (QED) is 0.655. The smallest absolute Gasteiger partial charge is 0.270 e. The van der Waals surface area contributed by atoms with E-state index < -0.39 is 22.2 Å². The molecule has 0 heterocycles. The maximum absolute atomic E-state index is 13.8. The maximum atomic E-state index is 13.8. The van der Waals surface area contributed by atoms with Crippen molar-refractivity contribution in [3.63, 3.8) is 0 Å². The number of likely N-dealkylation sites (N-methyl/N-ethyl adjacent to an activating group) is 1. The molecule has 0 atom stereocenters. The molecule has 1 aromatic carbocycles. The molecule has 2 amide bonds. The van der Waals surface area contributed by atoms with Crippen LogP contribution in [0.1, 0.15) is 15.9 Å². The fraction of sp³-hybridized carbons (Fsp3) is 0.333. The molecule has 0 unspecified atom stereocenters. The van der Waals surface area contributed by atoms with Crippen molar-refractivity contribution in [1.82, 2.24) is 10.2 Å². The molecule has 0 aliphatic rings. The van der Waals surface area contributed by atoms with E-state index in [1.54, 1.807) is 0 Å². The summed E-state index contributed by atoms with van der Waals surface area (Å²) in [4.78, 5) is 34.3. The number of nitro groups is 1. The second-order valence-corrected chi connectivity index (χ2v) is 4.35. The lowest BCUT2D eigenvalue weighted by atomic mass is 10.1. The maximum Gasteiger partial charge on any atom is 0.270 e. The van der Waals surface area contributed by atoms with Crippen LogP contribution >= 0.6 is 0 Å². The van der Waals surface area contributed by atoms with E-state index in [4.69, 9.17) is 0 Å². The monoisotopic (exact) mass is 283 g/mol. The minimum absolute atomic E-state index is 0.0108. The van der Waals surface area contributed by atoms with Crippen molar-refractivity contribution >= 4 is 17.5 Å². The highest BCUT2D eigenvalue weighted by Crippen LogP contribution is 2.20.